The number of nitro benzene ring substituents is 1. The minimum atomic E-state index is -0.429. The molecule has 3 rings (SSSR count). The lowest BCUT2D eigenvalue weighted by atomic mass is 10.1. The predicted molar refractivity (Wildman–Crippen MR) is 92.3 cm³/mol. The van der Waals surface area contributed by atoms with Crippen LogP contribution in [0, 0.1) is 10.1 Å². The first-order valence-corrected chi connectivity index (χ1v) is 7.80. The second-order valence-corrected chi connectivity index (χ2v) is 5.60. The molecule has 1 aliphatic carbocycles. The summed E-state index contributed by atoms with van der Waals surface area (Å²) in [5.74, 6) is 1.36. The van der Waals surface area contributed by atoms with Crippen LogP contribution >= 0.6 is 0 Å². The van der Waals surface area contributed by atoms with Crippen LogP contribution in [0.4, 0.5) is 5.69 Å². The van der Waals surface area contributed by atoms with Crippen LogP contribution in [0.5, 0.6) is 11.5 Å². The lowest BCUT2D eigenvalue weighted by molar-refractivity contribution is -0.384. The van der Waals surface area contributed by atoms with Crippen molar-refractivity contribution in [1.29, 1.82) is 0 Å². The maximum Gasteiger partial charge on any atom is 0.269 e. The minimum Gasteiger partial charge on any atom is -0.493 e. The van der Waals surface area contributed by atoms with E-state index in [1.54, 1.807) is 26.4 Å². The molecule has 130 valence electrons. The van der Waals surface area contributed by atoms with Crippen molar-refractivity contribution >= 4 is 11.4 Å². The van der Waals surface area contributed by atoms with E-state index in [1.165, 1.54) is 12.1 Å². The Morgan fingerprint density at radius 3 is 2.40 bits per heavy atom. The lowest BCUT2D eigenvalue weighted by Gasteiger charge is -2.10. The summed E-state index contributed by atoms with van der Waals surface area (Å²) < 4.78 is 10.7. The van der Waals surface area contributed by atoms with E-state index in [9.17, 15) is 10.1 Å². The number of nitrogens with zero attached hydrogens (tertiary/aromatic N) is 2. The van der Waals surface area contributed by atoms with Gasteiger partial charge in [-0.25, -0.2) is 0 Å². The summed E-state index contributed by atoms with van der Waals surface area (Å²) in [4.78, 5) is 15.7. The zero-order valence-electron chi connectivity index (χ0n) is 14.0. The number of hydrogen-bond donors (Lipinski definition) is 0. The zero-order chi connectivity index (χ0) is 17.8. The number of aryl methyl sites for hydroxylation is 1. The maximum atomic E-state index is 10.6. The summed E-state index contributed by atoms with van der Waals surface area (Å²) in [6.45, 7) is 0.254. The van der Waals surface area contributed by atoms with Gasteiger partial charge in [-0.3, -0.25) is 10.1 Å². The molecule has 0 N–H and O–H groups in total. The van der Waals surface area contributed by atoms with Crippen LogP contribution in [0.15, 0.2) is 41.6 Å². The Morgan fingerprint density at radius 2 is 1.76 bits per heavy atom. The van der Waals surface area contributed by atoms with Crippen LogP contribution < -0.4 is 9.47 Å². The van der Waals surface area contributed by atoms with E-state index in [-0.39, 0.29) is 12.3 Å². The molecule has 7 nitrogen and oxygen atoms in total. The van der Waals surface area contributed by atoms with Gasteiger partial charge in [-0.05, 0) is 48.2 Å². The smallest absolute Gasteiger partial charge is 0.269 e. The fourth-order valence-electron chi connectivity index (χ4n) is 2.78. The Balaban J connectivity index is 1.71. The third-order valence-corrected chi connectivity index (χ3v) is 4.10. The third kappa shape index (κ3) is 3.55. The normalized spacial score (nSPS) is 14.2. The van der Waals surface area contributed by atoms with Gasteiger partial charge in [-0.15, -0.1) is 0 Å². The first kappa shape index (κ1) is 16.8. The molecule has 7 heteroatoms. The molecule has 0 aliphatic heterocycles. The fourth-order valence-corrected chi connectivity index (χ4v) is 2.78. The van der Waals surface area contributed by atoms with Crippen LogP contribution in [0.1, 0.15) is 23.1 Å². The van der Waals surface area contributed by atoms with Crippen molar-refractivity contribution in [3.63, 3.8) is 0 Å². The summed E-state index contributed by atoms with van der Waals surface area (Å²) in [7, 11) is 3.21. The summed E-state index contributed by atoms with van der Waals surface area (Å²) in [6, 6.07) is 10.1. The van der Waals surface area contributed by atoms with Crippen molar-refractivity contribution in [2.24, 2.45) is 5.16 Å². The molecule has 2 aromatic carbocycles. The molecule has 0 radical (unpaired) electrons. The van der Waals surface area contributed by atoms with Gasteiger partial charge in [0.05, 0.1) is 24.9 Å². The first-order valence-electron chi connectivity index (χ1n) is 7.80. The van der Waals surface area contributed by atoms with Crippen molar-refractivity contribution in [3.8, 4) is 11.5 Å². The Morgan fingerprint density at radius 1 is 1.08 bits per heavy atom. The Kier molecular flexibility index (Phi) is 4.83. The van der Waals surface area contributed by atoms with Crippen LogP contribution in [0.25, 0.3) is 0 Å². The molecular weight excluding hydrogens is 324 g/mol. The second-order valence-electron chi connectivity index (χ2n) is 5.60. The van der Waals surface area contributed by atoms with E-state index in [0.717, 1.165) is 35.2 Å². The van der Waals surface area contributed by atoms with Gasteiger partial charge < -0.3 is 14.3 Å². The van der Waals surface area contributed by atoms with Crippen LogP contribution in [-0.2, 0) is 17.9 Å². The van der Waals surface area contributed by atoms with E-state index in [2.05, 4.69) is 5.16 Å². The monoisotopic (exact) mass is 342 g/mol. The van der Waals surface area contributed by atoms with Gasteiger partial charge >= 0.3 is 0 Å². The highest BCUT2D eigenvalue weighted by Gasteiger charge is 2.22. The highest BCUT2D eigenvalue weighted by atomic mass is 16.6. The molecule has 0 saturated carbocycles. The molecule has 0 saturated heterocycles. The average Bonchev–Trinajstić information content (AvgIpc) is 3.03. The van der Waals surface area contributed by atoms with Crippen molar-refractivity contribution in [3.05, 3.63) is 63.2 Å². The quantitative estimate of drug-likeness (QED) is 0.593. The molecule has 25 heavy (non-hydrogen) atoms. The molecule has 0 aromatic heterocycles. The maximum absolute atomic E-state index is 10.6. The lowest BCUT2D eigenvalue weighted by Crippen LogP contribution is -1.99. The number of rotatable bonds is 6. The van der Waals surface area contributed by atoms with Crippen LogP contribution in [0.3, 0.4) is 0 Å². The topological polar surface area (TPSA) is 83.2 Å². The van der Waals surface area contributed by atoms with Crippen molar-refractivity contribution < 1.29 is 19.2 Å². The molecular formula is C18H18N2O5. The Hall–Kier alpha value is -3.09. The van der Waals surface area contributed by atoms with E-state index in [4.69, 9.17) is 14.3 Å². The summed E-state index contributed by atoms with van der Waals surface area (Å²) in [5, 5.41) is 14.9. The third-order valence-electron chi connectivity index (χ3n) is 4.10. The van der Waals surface area contributed by atoms with Gasteiger partial charge in [-0.1, -0.05) is 5.16 Å². The van der Waals surface area contributed by atoms with E-state index < -0.39 is 4.92 Å². The van der Waals surface area contributed by atoms with Gasteiger partial charge in [0.1, 0.15) is 6.61 Å². The molecule has 0 atom stereocenters. The van der Waals surface area contributed by atoms with Gasteiger partial charge in [0.2, 0.25) is 0 Å². The second kappa shape index (κ2) is 7.21. The Labute approximate surface area is 145 Å². The summed E-state index contributed by atoms with van der Waals surface area (Å²) in [5.41, 5.74) is 3.89. The van der Waals surface area contributed by atoms with Crippen molar-refractivity contribution in [1.82, 2.24) is 0 Å². The number of non-ortho nitro benzene ring substituents is 1. The number of oxime groups is 1. The van der Waals surface area contributed by atoms with E-state index >= 15 is 0 Å². The number of methoxy groups -OCH3 is 2. The molecule has 0 bridgehead atoms. The predicted octanol–water partition coefficient (Wildman–Crippen LogP) is 3.48. The van der Waals surface area contributed by atoms with Crippen molar-refractivity contribution in [2.45, 2.75) is 19.4 Å². The number of ether oxygens (including phenoxy) is 2. The zero-order valence-corrected chi connectivity index (χ0v) is 14.0. The number of benzene rings is 2. The SMILES string of the molecule is COc1cc2c(cc1OC)C(=NOCc1ccc([N+](=O)[O-])cc1)CC2. The fraction of sp³-hybridized carbons (Fsp3) is 0.278. The molecule has 0 unspecified atom stereocenters. The van der Waals surface area contributed by atoms with Gasteiger partial charge in [0.15, 0.2) is 11.5 Å². The number of nitro groups is 1. The summed E-state index contributed by atoms with van der Waals surface area (Å²) >= 11 is 0. The summed E-state index contributed by atoms with van der Waals surface area (Å²) in [6.07, 6.45) is 1.65. The molecule has 2 aromatic rings. The molecule has 1 aliphatic rings. The van der Waals surface area contributed by atoms with Gasteiger partial charge in [0, 0.05) is 17.7 Å². The molecule has 0 heterocycles. The standard InChI is InChI=1S/C18H18N2O5/c1-23-17-9-13-5-8-16(15(13)10-18(17)24-2)19-25-11-12-3-6-14(7-4-12)20(21)22/h3-4,6-7,9-10H,5,8,11H2,1-2H3. The first-order chi connectivity index (χ1) is 12.1. The minimum absolute atomic E-state index is 0.0563. The van der Waals surface area contributed by atoms with Gasteiger partial charge in [-0.2, -0.15) is 0 Å². The van der Waals surface area contributed by atoms with E-state index in [1.807, 2.05) is 12.1 Å². The van der Waals surface area contributed by atoms with Crippen LogP contribution in [-0.4, -0.2) is 24.9 Å². The number of hydrogen-bond acceptors (Lipinski definition) is 6. The van der Waals surface area contributed by atoms with E-state index in [0.29, 0.717) is 11.5 Å². The molecule has 0 spiro atoms. The molecule has 0 fully saturated rings. The largest absolute Gasteiger partial charge is 0.493 e. The molecule has 0 amide bonds. The number of fused-ring (bicyclic) bond motifs is 1. The highest BCUT2D eigenvalue weighted by Crippen LogP contribution is 2.35. The van der Waals surface area contributed by atoms with Crippen LogP contribution in [0.2, 0.25) is 0 Å². The Bertz CT molecular complexity index is 815. The average molecular weight is 342 g/mol. The van der Waals surface area contributed by atoms with Crippen molar-refractivity contribution in [2.75, 3.05) is 14.2 Å². The van der Waals surface area contributed by atoms with Gasteiger partial charge in [0.25, 0.3) is 5.69 Å². The highest BCUT2D eigenvalue weighted by molar-refractivity contribution is 6.04.